The molecule has 1 amide bonds. The van der Waals surface area contributed by atoms with Gasteiger partial charge in [-0.3, -0.25) is 10.5 Å². The van der Waals surface area contributed by atoms with Crippen LogP contribution in [0.4, 0.5) is 0 Å². The van der Waals surface area contributed by atoms with Gasteiger partial charge >= 0.3 is 0 Å². The van der Waals surface area contributed by atoms with Crippen molar-refractivity contribution in [3.05, 3.63) is 0 Å². The average molecular weight is 90.1 g/mol. The van der Waals surface area contributed by atoms with Gasteiger partial charge < -0.3 is 10.4 Å². The number of hydrogen-bond acceptors (Lipinski definition) is 3. The molecule has 1 unspecified atom stereocenters. The van der Waals surface area contributed by atoms with E-state index in [1.807, 2.05) is 5.32 Å². The molecule has 4 nitrogen and oxygen atoms in total. The maximum atomic E-state index is 9.26. The van der Waals surface area contributed by atoms with Crippen LogP contribution in [0.1, 0.15) is 0 Å². The van der Waals surface area contributed by atoms with Gasteiger partial charge in [0.05, 0.1) is 0 Å². The van der Waals surface area contributed by atoms with Crippen molar-refractivity contribution in [1.29, 1.82) is 0 Å². The standard InChI is InChI=1S/C2H6N2O2/c3-2(6)4-1-5/h1-2,6H,3H2,(H,4,5). The van der Waals surface area contributed by atoms with Crippen LogP contribution < -0.4 is 11.1 Å². The first kappa shape index (κ1) is 5.39. The SMILES string of the molecule is NC(O)NC=O. The fourth-order valence-electron chi connectivity index (χ4n) is 0.0697. The number of nitrogens with two attached hydrogens (primary N) is 1. The van der Waals surface area contributed by atoms with Crippen molar-refractivity contribution in [3.8, 4) is 0 Å². The summed E-state index contributed by atoms with van der Waals surface area (Å²) < 4.78 is 0. The molecule has 0 aromatic rings. The number of rotatable bonds is 2. The summed E-state index contributed by atoms with van der Waals surface area (Å²) in [5, 5.41) is 9.85. The summed E-state index contributed by atoms with van der Waals surface area (Å²) in [5.74, 6) is 0. The molecule has 0 bridgehead atoms. The Morgan fingerprint density at radius 2 is 2.50 bits per heavy atom. The topological polar surface area (TPSA) is 75.3 Å². The lowest BCUT2D eigenvalue weighted by molar-refractivity contribution is -0.112. The van der Waals surface area contributed by atoms with Crippen LogP contribution in [-0.4, -0.2) is 17.9 Å². The van der Waals surface area contributed by atoms with Crippen LogP contribution in [0.25, 0.3) is 0 Å². The van der Waals surface area contributed by atoms with Crippen molar-refractivity contribution < 1.29 is 9.90 Å². The minimum atomic E-state index is -1.22. The van der Waals surface area contributed by atoms with E-state index in [1.54, 1.807) is 0 Å². The summed E-state index contributed by atoms with van der Waals surface area (Å²) >= 11 is 0. The Kier molecular flexibility index (Phi) is 2.35. The number of nitrogens with one attached hydrogen (secondary N) is 1. The van der Waals surface area contributed by atoms with Crippen LogP contribution in [0.2, 0.25) is 0 Å². The molecular weight excluding hydrogens is 84.0 g/mol. The summed E-state index contributed by atoms with van der Waals surface area (Å²) in [7, 11) is 0. The minimum Gasteiger partial charge on any atom is -0.361 e. The monoisotopic (exact) mass is 90.0 g/mol. The van der Waals surface area contributed by atoms with Crippen LogP contribution in [0, 0.1) is 0 Å². The second-order valence-corrected chi connectivity index (χ2v) is 0.729. The molecule has 0 saturated heterocycles. The molecule has 0 aliphatic heterocycles. The lowest BCUT2D eigenvalue weighted by Crippen LogP contribution is -2.35. The van der Waals surface area contributed by atoms with Gasteiger partial charge in [0.15, 0.2) is 6.35 Å². The molecule has 4 heteroatoms. The van der Waals surface area contributed by atoms with E-state index in [4.69, 9.17) is 5.11 Å². The fraction of sp³-hybridized carbons (Fsp3) is 0.500. The van der Waals surface area contributed by atoms with Crippen LogP contribution in [0.3, 0.4) is 0 Å². The number of aliphatic hydroxyl groups is 1. The Labute approximate surface area is 34.9 Å². The predicted octanol–water partition coefficient (Wildman–Crippen LogP) is -2.03. The van der Waals surface area contributed by atoms with E-state index in [2.05, 4.69) is 5.73 Å². The molecule has 36 valence electrons. The second-order valence-electron chi connectivity index (χ2n) is 0.729. The van der Waals surface area contributed by atoms with Crippen molar-refractivity contribution in [2.75, 3.05) is 0 Å². The van der Waals surface area contributed by atoms with Crippen molar-refractivity contribution in [2.24, 2.45) is 5.73 Å². The molecule has 0 spiro atoms. The van der Waals surface area contributed by atoms with Gasteiger partial charge in [-0.25, -0.2) is 0 Å². The van der Waals surface area contributed by atoms with Crippen LogP contribution in [0.15, 0.2) is 0 Å². The van der Waals surface area contributed by atoms with Crippen LogP contribution in [-0.2, 0) is 4.79 Å². The van der Waals surface area contributed by atoms with E-state index >= 15 is 0 Å². The van der Waals surface area contributed by atoms with Gasteiger partial charge in [0.25, 0.3) is 0 Å². The van der Waals surface area contributed by atoms with E-state index in [0.717, 1.165) is 0 Å². The van der Waals surface area contributed by atoms with Gasteiger partial charge in [0, 0.05) is 0 Å². The van der Waals surface area contributed by atoms with Crippen molar-refractivity contribution in [1.82, 2.24) is 5.32 Å². The highest BCUT2D eigenvalue weighted by atomic mass is 16.3. The second kappa shape index (κ2) is 2.62. The maximum Gasteiger partial charge on any atom is 0.210 e. The van der Waals surface area contributed by atoms with Gasteiger partial charge in [-0.15, -0.1) is 0 Å². The van der Waals surface area contributed by atoms with E-state index in [0.29, 0.717) is 6.41 Å². The van der Waals surface area contributed by atoms with Gasteiger partial charge in [0.2, 0.25) is 6.41 Å². The van der Waals surface area contributed by atoms with E-state index < -0.39 is 6.35 Å². The summed E-state index contributed by atoms with van der Waals surface area (Å²) in [5.41, 5.74) is 4.62. The first-order chi connectivity index (χ1) is 2.77. The Morgan fingerprint density at radius 1 is 2.00 bits per heavy atom. The number of aliphatic hydroxyl groups excluding tert-OH is 1. The molecule has 0 saturated carbocycles. The summed E-state index contributed by atoms with van der Waals surface area (Å²) in [6.45, 7) is 0. The third kappa shape index (κ3) is 3.39. The summed E-state index contributed by atoms with van der Waals surface area (Å²) in [6.07, 6.45) is -0.896. The molecule has 1 atom stereocenters. The highest BCUT2D eigenvalue weighted by Crippen LogP contribution is 1.46. The zero-order valence-corrected chi connectivity index (χ0v) is 3.09. The molecule has 0 aromatic carbocycles. The largest absolute Gasteiger partial charge is 0.361 e. The number of carbonyl (C=O) groups is 1. The van der Waals surface area contributed by atoms with Gasteiger partial charge in [-0.2, -0.15) is 0 Å². The highest BCUT2D eigenvalue weighted by molar-refractivity contribution is 5.45. The quantitative estimate of drug-likeness (QED) is 0.270. The molecule has 0 radical (unpaired) electrons. The fourth-order valence-corrected chi connectivity index (χ4v) is 0.0697. The number of amides is 1. The molecule has 4 N–H and O–H groups in total. The minimum absolute atomic E-state index is 0.324. The molecule has 0 aliphatic rings. The van der Waals surface area contributed by atoms with Crippen LogP contribution >= 0.6 is 0 Å². The molecule has 0 aliphatic carbocycles. The lowest BCUT2D eigenvalue weighted by atomic mass is 11.0. The Bertz CT molecular complexity index is 44.8. The zero-order chi connectivity index (χ0) is 4.99. The normalized spacial score (nSPS) is 13.0. The molecular formula is C2H6N2O2. The smallest absolute Gasteiger partial charge is 0.210 e. The van der Waals surface area contributed by atoms with Crippen molar-refractivity contribution >= 4 is 6.41 Å². The predicted molar refractivity (Wildman–Crippen MR) is 19.4 cm³/mol. The van der Waals surface area contributed by atoms with Gasteiger partial charge in [-0.1, -0.05) is 0 Å². The molecule has 0 aromatic heterocycles. The molecule has 0 heterocycles. The molecule has 0 fully saturated rings. The van der Waals surface area contributed by atoms with E-state index in [9.17, 15) is 4.79 Å². The molecule has 0 rings (SSSR count). The average Bonchev–Trinajstić information content (AvgIpc) is 1.35. The maximum absolute atomic E-state index is 9.26. The van der Waals surface area contributed by atoms with Crippen LogP contribution in [0.5, 0.6) is 0 Å². The summed E-state index contributed by atoms with van der Waals surface area (Å²) in [4.78, 5) is 9.26. The number of hydrogen-bond donors (Lipinski definition) is 3. The Morgan fingerprint density at radius 3 is 2.50 bits per heavy atom. The first-order valence-electron chi connectivity index (χ1n) is 1.40. The van der Waals surface area contributed by atoms with Crippen molar-refractivity contribution in [2.45, 2.75) is 6.35 Å². The van der Waals surface area contributed by atoms with Gasteiger partial charge in [-0.05, 0) is 0 Å². The van der Waals surface area contributed by atoms with Gasteiger partial charge in [0.1, 0.15) is 0 Å². The lowest BCUT2D eigenvalue weighted by Gasteiger charge is -1.95. The Balaban J connectivity index is 2.81. The number of carbonyl (C=O) groups excluding carboxylic acids is 1. The third-order valence-electron chi connectivity index (χ3n) is 0.239. The third-order valence-corrected chi connectivity index (χ3v) is 0.239. The first-order valence-corrected chi connectivity index (χ1v) is 1.40. The van der Waals surface area contributed by atoms with E-state index in [-0.39, 0.29) is 0 Å². The summed E-state index contributed by atoms with van der Waals surface area (Å²) in [6, 6.07) is 0. The highest BCUT2D eigenvalue weighted by Gasteiger charge is 1.82. The Hall–Kier alpha value is -0.610. The van der Waals surface area contributed by atoms with Crippen molar-refractivity contribution in [3.63, 3.8) is 0 Å². The van der Waals surface area contributed by atoms with E-state index in [1.165, 1.54) is 0 Å². The molecule has 6 heavy (non-hydrogen) atoms. The zero-order valence-electron chi connectivity index (χ0n) is 3.09.